The van der Waals surface area contributed by atoms with Gasteiger partial charge in [-0.25, -0.2) is 0 Å². The first-order valence-electron chi connectivity index (χ1n) is 11.4. The van der Waals surface area contributed by atoms with E-state index in [1.54, 1.807) is 0 Å². The van der Waals surface area contributed by atoms with E-state index in [1.165, 1.54) is 44.3 Å². The predicted molar refractivity (Wildman–Crippen MR) is 140 cm³/mol. The number of hydrogen-bond donors (Lipinski definition) is 0. The van der Waals surface area contributed by atoms with Gasteiger partial charge in [0, 0.05) is 41.2 Å². The van der Waals surface area contributed by atoms with Crippen molar-refractivity contribution in [1.29, 1.82) is 0 Å². The lowest BCUT2D eigenvalue weighted by atomic mass is 10.1. The fourth-order valence-corrected chi connectivity index (χ4v) is 4.61. The molecular weight excluding hydrogens is 388 g/mol. The smallest absolute Gasteiger partial charge is 0.0490 e. The third kappa shape index (κ3) is 3.69. The molecule has 0 aliphatic rings. The van der Waals surface area contributed by atoms with Crippen LogP contribution >= 0.6 is 0 Å². The number of anilines is 4. The molecule has 32 heavy (non-hydrogen) atoms. The van der Waals surface area contributed by atoms with E-state index in [9.17, 15) is 0 Å². The van der Waals surface area contributed by atoms with Crippen LogP contribution in [0, 0.1) is 0 Å². The summed E-state index contributed by atoms with van der Waals surface area (Å²) in [7, 11) is 0. The Balaban J connectivity index is 1.48. The summed E-state index contributed by atoms with van der Waals surface area (Å²) in [6.07, 6.45) is 0. The molecule has 0 fully saturated rings. The molecule has 0 bridgehead atoms. The van der Waals surface area contributed by atoms with Gasteiger partial charge < -0.3 is 9.80 Å². The molecule has 0 aliphatic heterocycles. The van der Waals surface area contributed by atoms with Gasteiger partial charge in [0.15, 0.2) is 0 Å². The SMILES string of the molecule is CCN(c1ccc(N(CC)c2cccc3ccccc23)cc1)c1ccc2ccccc2c1. The van der Waals surface area contributed by atoms with Crippen LogP contribution < -0.4 is 9.80 Å². The monoisotopic (exact) mass is 416 g/mol. The van der Waals surface area contributed by atoms with Crippen LogP contribution in [0.5, 0.6) is 0 Å². The normalized spacial score (nSPS) is 11.1. The Labute approximate surface area is 190 Å². The molecular formula is C30H28N2. The van der Waals surface area contributed by atoms with Gasteiger partial charge in [0.25, 0.3) is 0 Å². The summed E-state index contributed by atoms with van der Waals surface area (Å²) in [5.74, 6) is 0. The van der Waals surface area contributed by atoms with Crippen molar-refractivity contribution in [2.45, 2.75) is 13.8 Å². The van der Waals surface area contributed by atoms with Crippen LogP contribution in [0.15, 0.2) is 109 Å². The fourth-order valence-electron chi connectivity index (χ4n) is 4.61. The quantitative estimate of drug-likeness (QED) is 0.275. The molecule has 0 spiro atoms. The predicted octanol–water partition coefficient (Wildman–Crippen LogP) is 8.31. The molecule has 5 rings (SSSR count). The molecule has 0 radical (unpaired) electrons. The molecule has 0 saturated heterocycles. The highest BCUT2D eigenvalue weighted by molar-refractivity contribution is 5.96. The highest BCUT2D eigenvalue weighted by Crippen LogP contribution is 2.34. The number of benzene rings is 5. The maximum absolute atomic E-state index is 2.39. The minimum absolute atomic E-state index is 0.912. The Morgan fingerprint density at radius 3 is 1.75 bits per heavy atom. The molecule has 0 aromatic heterocycles. The van der Waals surface area contributed by atoms with Gasteiger partial charge in [-0.05, 0) is 72.5 Å². The minimum Gasteiger partial charge on any atom is -0.342 e. The van der Waals surface area contributed by atoms with Crippen molar-refractivity contribution in [1.82, 2.24) is 0 Å². The van der Waals surface area contributed by atoms with Crippen molar-refractivity contribution < 1.29 is 0 Å². The first-order valence-corrected chi connectivity index (χ1v) is 11.4. The summed E-state index contributed by atoms with van der Waals surface area (Å²) < 4.78 is 0. The molecule has 5 aromatic carbocycles. The average molecular weight is 417 g/mol. The van der Waals surface area contributed by atoms with E-state index < -0.39 is 0 Å². The van der Waals surface area contributed by atoms with E-state index in [-0.39, 0.29) is 0 Å². The van der Waals surface area contributed by atoms with Crippen molar-refractivity contribution in [3.63, 3.8) is 0 Å². The lowest BCUT2D eigenvalue weighted by Gasteiger charge is -2.27. The van der Waals surface area contributed by atoms with Crippen LogP contribution in [0.4, 0.5) is 22.7 Å². The van der Waals surface area contributed by atoms with Crippen molar-refractivity contribution in [3.8, 4) is 0 Å². The maximum Gasteiger partial charge on any atom is 0.0490 e. The molecule has 0 N–H and O–H groups in total. The van der Waals surface area contributed by atoms with E-state index in [0.29, 0.717) is 0 Å². The van der Waals surface area contributed by atoms with Crippen molar-refractivity contribution in [3.05, 3.63) is 109 Å². The molecule has 5 aromatic rings. The van der Waals surface area contributed by atoms with Crippen LogP contribution in [0.2, 0.25) is 0 Å². The third-order valence-corrected chi connectivity index (χ3v) is 6.21. The molecule has 158 valence electrons. The minimum atomic E-state index is 0.912. The van der Waals surface area contributed by atoms with Gasteiger partial charge in [0.2, 0.25) is 0 Å². The fraction of sp³-hybridized carbons (Fsp3) is 0.133. The number of fused-ring (bicyclic) bond motifs is 2. The van der Waals surface area contributed by atoms with Crippen LogP contribution in [0.1, 0.15) is 13.8 Å². The molecule has 0 aliphatic carbocycles. The van der Waals surface area contributed by atoms with Crippen LogP contribution in [-0.2, 0) is 0 Å². The van der Waals surface area contributed by atoms with Crippen molar-refractivity contribution in [2.75, 3.05) is 22.9 Å². The Kier molecular flexibility index (Phi) is 5.51. The second kappa shape index (κ2) is 8.76. The summed E-state index contributed by atoms with van der Waals surface area (Å²) in [4.78, 5) is 4.75. The van der Waals surface area contributed by atoms with E-state index in [1.807, 2.05) is 0 Å². The largest absolute Gasteiger partial charge is 0.342 e. The van der Waals surface area contributed by atoms with E-state index >= 15 is 0 Å². The number of nitrogens with zero attached hydrogens (tertiary/aromatic N) is 2. The molecule has 0 saturated carbocycles. The molecule has 2 heteroatoms. The first-order chi connectivity index (χ1) is 15.8. The van der Waals surface area contributed by atoms with Gasteiger partial charge in [-0.1, -0.05) is 66.7 Å². The van der Waals surface area contributed by atoms with Crippen LogP contribution in [-0.4, -0.2) is 13.1 Å². The van der Waals surface area contributed by atoms with Crippen molar-refractivity contribution in [2.24, 2.45) is 0 Å². The Morgan fingerprint density at radius 2 is 1.03 bits per heavy atom. The number of rotatable bonds is 6. The Bertz CT molecular complexity index is 1350. The topological polar surface area (TPSA) is 6.48 Å². The molecule has 2 nitrogen and oxygen atoms in total. The Morgan fingerprint density at radius 1 is 0.469 bits per heavy atom. The molecule has 0 amide bonds. The first kappa shape index (κ1) is 20.1. The van der Waals surface area contributed by atoms with E-state index in [0.717, 1.165) is 13.1 Å². The average Bonchev–Trinajstić information content (AvgIpc) is 2.86. The molecule has 0 unspecified atom stereocenters. The lowest BCUT2D eigenvalue weighted by Crippen LogP contribution is -2.18. The summed E-state index contributed by atoms with van der Waals surface area (Å²) in [5, 5.41) is 5.10. The van der Waals surface area contributed by atoms with Gasteiger partial charge in [-0.3, -0.25) is 0 Å². The summed E-state index contributed by atoms with van der Waals surface area (Å²) in [6, 6.07) is 39.3. The van der Waals surface area contributed by atoms with E-state index in [4.69, 9.17) is 0 Å². The van der Waals surface area contributed by atoms with Gasteiger partial charge in [-0.15, -0.1) is 0 Å². The number of hydrogen-bond acceptors (Lipinski definition) is 2. The van der Waals surface area contributed by atoms with Gasteiger partial charge in [-0.2, -0.15) is 0 Å². The van der Waals surface area contributed by atoms with Gasteiger partial charge >= 0.3 is 0 Å². The van der Waals surface area contributed by atoms with Crippen LogP contribution in [0.3, 0.4) is 0 Å². The summed E-state index contributed by atoms with van der Waals surface area (Å²) in [6.45, 7) is 6.24. The van der Waals surface area contributed by atoms with Crippen LogP contribution in [0.25, 0.3) is 21.5 Å². The zero-order valence-electron chi connectivity index (χ0n) is 18.7. The van der Waals surface area contributed by atoms with Crippen molar-refractivity contribution >= 4 is 44.3 Å². The molecule has 0 heterocycles. The Hall–Kier alpha value is -3.78. The highest BCUT2D eigenvalue weighted by atomic mass is 15.1. The van der Waals surface area contributed by atoms with E-state index in [2.05, 4.69) is 133 Å². The highest BCUT2D eigenvalue weighted by Gasteiger charge is 2.13. The van der Waals surface area contributed by atoms with Gasteiger partial charge in [0.05, 0.1) is 0 Å². The lowest BCUT2D eigenvalue weighted by molar-refractivity contribution is 1.01. The second-order valence-corrected chi connectivity index (χ2v) is 8.03. The summed E-state index contributed by atoms with van der Waals surface area (Å²) >= 11 is 0. The maximum atomic E-state index is 2.39. The second-order valence-electron chi connectivity index (χ2n) is 8.03. The van der Waals surface area contributed by atoms with Gasteiger partial charge in [0.1, 0.15) is 0 Å². The standard InChI is InChI=1S/C30H28N2/c1-3-31(28-17-16-23-10-5-6-12-25(23)22-28)26-18-20-27(21-19-26)32(4-2)30-15-9-13-24-11-7-8-14-29(24)30/h5-22H,3-4H2,1-2H3. The molecule has 0 atom stereocenters. The zero-order chi connectivity index (χ0) is 21.9. The third-order valence-electron chi connectivity index (χ3n) is 6.21. The summed E-state index contributed by atoms with van der Waals surface area (Å²) in [5.41, 5.74) is 4.89. The zero-order valence-corrected chi connectivity index (χ0v) is 18.7.